The first-order chi connectivity index (χ1) is 9.35. The SMILES string of the molecule is Cc1cc(F)c(C(Cl)C2(CC(C)C)CCCC2)cc1F. The summed E-state index contributed by atoms with van der Waals surface area (Å²) in [5.41, 5.74) is 0.579. The molecule has 1 unspecified atom stereocenters. The van der Waals surface area contributed by atoms with E-state index in [4.69, 9.17) is 11.6 Å². The molecule has 0 spiro atoms. The fourth-order valence-electron chi connectivity index (χ4n) is 3.64. The van der Waals surface area contributed by atoms with E-state index < -0.39 is 5.38 Å². The molecule has 2 rings (SSSR count). The Morgan fingerprint density at radius 1 is 1.15 bits per heavy atom. The maximum absolute atomic E-state index is 14.2. The Morgan fingerprint density at radius 3 is 2.30 bits per heavy atom. The van der Waals surface area contributed by atoms with Gasteiger partial charge >= 0.3 is 0 Å². The zero-order chi connectivity index (χ0) is 14.9. The molecule has 1 aromatic rings. The summed E-state index contributed by atoms with van der Waals surface area (Å²) in [5.74, 6) is -0.239. The second-order valence-corrected chi connectivity index (χ2v) is 7.09. The van der Waals surface area contributed by atoms with E-state index in [0.717, 1.165) is 32.1 Å². The monoisotopic (exact) mass is 300 g/mol. The Bertz CT molecular complexity index is 476. The largest absolute Gasteiger partial charge is 0.207 e. The first-order valence-corrected chi connectivity index (χ1v) is 7.89. The highest BCUT2D eigenvalue weighted by molar-refractivity contribution is 6.21. The number of hydrogen-bond donors (Lipinski definition) is 0. The lowest BCUT2D eigenvalue weighted by molar-refractivity contribution is 0.220. The predicted octanol–water partition coefficient (Wildman–Crippen LogP) is 6.16. The van der Waals surface area contributed by atoms with E-state index >= 15 is 0 Å². The third kappa shape index (κ3) is 3.00. The second kappa shape index (κ2) is 6.01. The third-order valence-corrected chi connectivity index (χ3v) is 5.20. The van der Waals surface area contributed by atoms with E-state index in [1.807, 2.05) is 0 Å². The number of benzene rings is 1. The van der Waals surface area contributed by atoms with Gasteiger partial charge in [0.05, 0.1) is 5.38 Å². The summed E-state index contributed by atoms with van der Waals surface area (Å²) in [6.45, 7) is 5.90. The van der Waals surface area contributed by atoms with Crippen LogP contribution in [0.5, 0.6) is 0 Å². The molecule has 1 aliphatic carbocycles. The standard InChI is InChI=1S/C17H23ClF2/c1-11(2)10-17(6-4-5-7-17)16(18)13-9-14(19)12(3)8-15(13)20/h8-9,11,16H,4-7,10H2,1-3H3. The normalized spacial score (nSPS) is 19.6. The summed E-state index contributed by atoms with van der Waals surface area (Å²) in [6, 6.07) is 2.56. The molecule has 20 heavy (non-hydrogen) atoms. The average molecular weight is 301 g/mol. The van der Waals surface area contributed by atoms with Crippen molar-refractivity contribution in [3.63, 3.8) is 0 Å². The molecule has 1 aliphatic rings. The van der Waals surface area contributed by atoms with Gasteiger partial charge in [0, 0.05) is 5.56 Å². The molecule has 0 amide bonds. The van der Waals surface area contributed by atoms with E-state index in [0.29, 0.717) is 17.0 Å². The summed E-state index contributed by atoms with van der Waals surface area (Å²) in [5, 5.41) is -0.442. The van der Waals surface area contributed by atoms with Crippen molar-refractivity contribution >= 4 is 11.6 Å². The van der Waals surface area contributed by atoms with E-state index in [9.17, 15) is 8.78 Å². The van der Waals surface area contributed by atoms with E-state index in [1.165, 1.54) is 12.1 Å². The minimum Gasteiger partial charge on any atom is -0.207 e. The summed E-state index contributed by atoms with van der Waals surface area (Å²) in [4.78, 5) is 0. The number of rotatable bonds is 4. The lowest BCUT2D eigenvalue weighted by Crippen LogP contribution is -2.25. The van der Waals surface area contributed by atoms with Crippen molar-refractivity contribution in [2.75, 3.05) is 0 Å². The van der Waals surface area contributed by atoms with Crippen LogP contribution in [0.4, 0.5) is 8.78 Å². The zero-order valence-electron chi connectivity index (χ0n) is 12.5. The van der Waals surface area contributed by atoms with Crippen LogP contribution in [0.1, 0.15) is 62.5 Å². The quantitative estimate of drug-likeness (QED) is 0.584. The molecule has 3 heteroatoms. The Kier molecular flexibility index (Phi) is 4.73. The van der Waals surface area contributed by atoms with E-state index in [2.05, 4.69) is 13.8 Å². The van der Waals surface area contributed by atoms with Crippen molar-refractivity contribution in [2.45, 2.75) is 58.3 Å². The molecule has 0 aliphatic heterocycles. The molecule has 0 radical (unpaired) electrons. The molecule has 0 aromatic heterocycles. The maximum atomic E-state index is 14.2. The molecule has 1 atom stereocenters. The number of aryl methyl sites for hydroxylation is 1. The molecule has 0 nitrogen and oxygen atoms in total. The van der Waals surface area contributed by atoms with Gasteiger partial charge in [0.25, 0.3) is 0 Å². The summed E-state index contributed by atoms with van der Waals surface area (Å²) >= 11 is 6.64. The van der Waals surface area contributed by atoms with Crippen molar-refractivity contribution in [3.8, 4) is 0 Å². The molecule has 0 bridgehead atoms. The van der Waals surface area contributed by atoms with Gasteiger partial charge in [-0.05, 0) is 55.2 Å². The smallest absolute Gasteiger partial charge is 0.128 e. The van der Waals surface area contributed by atoms with Crippen LogP contribution in [-0.2, 0) is 0 Å². The van der Waals surface area contributed by atoms with Crippen molar-refractivity contribution in [3.05, 3.63) is 34.9 Å². The molecule has 0 N–H and O–H groups in total. The highest BCUT2D eigenvalue weighted by Crippen LogP contribution is 2.55. The molecular weight excluding hydrogens is 278 g/mol. The average Bonchev–Trinajstić information content (AvgIpc) is 2.81. The summed E-state index contributed by atoms with van der Waals surface area (Å²) in [7, 11) is 0. The Morgan fingerprint density at radius 2 is 1.75 bits per heavy atom. The van der Waals surface area contributed by atoms with Gasteiger partial charge in [0.1, 0.15) is 11.6 Å². The third-order valence-electron chi connectivity index (χ3n) is 4.50. The molecule has 0 saturated heterocycles. The number of alkyl halides is 1. The van der Waals surface area contributed by atoms with Crippen molar-refractivity contribution < 1.29 is 8.78 Å². The fourth-order valence-corrected chi connectivity index (χ4v) is 4.11. The van der Waals surface area contributed by atoms with Gasteiger partial charge in [0.15, 0.2) is 0 Å². The van der Waals surface area contributed by atoms with Gasteiger partial charge in [-0.1, -0.05) is 26.7 Å². The first kappa shape index (κ1) is 15.8. The molecule has 1 aromatic carbocycles. The van der Waals surface area contributed by atoms with Crippen LogP contribution in [-0.4, -0.2) is 0 Å². The summed E-state index contributed by atoms with van der Waals surface area (Å²) in [6.07, 6.45) is 5.25. The van der Waals surface area contributed by atoms with Crippen LogP contribution >= 0.6 is 11.6 Å². The highest BCUT2D eigenvalue weighted by Gasteiger charge is 2.42. The van der Waals surface area contributed by atoms with Gasteiger partial charge in [0.2, 0.25) is 0 Å². The van der Waals surface area contributed by atoms with Crippen molar-refractivity contribution in [2.24, 2.45) is 11.3 Å². The van der Waals surface area contributed by atoms with Crippen molar-refractivity contribution in [1.82, 2.24) is 0 Å². The Balaban J connectivity index is 2.37. The lowest BCUT2D eigenvalue weighted by atomic mass is 9.73. The van der Waals surface area contributed by atoms with Crippen LogP contribution in [0.2, 0.25) is 0 Å². The minimum atomic E-state index is -0.442. The number of hydrogen-bond acceptors (Lipinski definition) is 0. The molecule has 1 fully saturated rings. The lowest BCUT2D eigenvalue weighted by Gasteiger charge is -2.36. The van der Waals surface area contributed by atoms with Gasteiger partial charge in [-0.15, -0.1) is 11.6 Å². The maximum Gasteiger partial charge on any atom is 0.128 e. The Labute approximate surface area is 125 Å². The van der Waals surface area contributed by atoms with Crippen LogP contribution in [0, 0.1) is 29.9 Å². The van der Waals surface area contributed by atoms with Gasteiger partial charge in [-0.2, -0.15) is 0 Å². The van der Waals surface area contributed by atoms with Crippen LogP contribution in [0.3, 0.4) is 0 Å². The van der Waals surface area contributed by atoms with Crippen molar-refractivity contribution in [1.29, 1.82) is 0 Å². The highest BCUT2D eigenvalue weighted by atomic mass is 35.5. The molecule has 1 saturated carbocycles. The van der Waals surface area contributed by atoms with Gasteiger partial charge in [-0.3, -0.25) is 0 Å². The first-order valence-electron chi connectivity index (χ1n) is 7.45. The fraction of sp³-hybridized carbons (Fsp3) is 0.647. The minimum absolute atomic E-state index is 0.0851. The number of halogens is 3. The van der Waals surface area contributed by atoms with Crippen LogP contribution in [0.25, 0.3) is 0 Å². The second-order valence-electron chi connectivity index (χ2n) is 6.65. The van der Waals surface area contributed by atoms with Crippen LogP contribution < -0.4 is 0 Å². The summed E-state index contributed by atoms with van der Waals surface area (Å²) < 4.78 is 28.0. The van der Waals surface area contributed by atoms with E-state index in [-0.39, 0.29) is 17.0 Å². The molecule has 0 heterocycles. The molecular formula is C17H23ClF2. The van der Waals surface area contributed by atoms with E-state index in [1.54, 1.807) is 6.92 Å². The van der Waals surface area contributed by atoms with Crippen LogP contribution in [0.15, 0.2) is 12.1 Å². The topological polar surface area (TPSA) is 0 Å². The zero-order valence-corrected chi connectivity index (χ0v) is 13.2. The predicted molar refractivity (Wildman–Crippen MR) is 80.0 cm³/mol. The van der Waals surface area contributed by atoms with Gasteiger partial charge in [-0.25, -0.2) is 8.78 Å². The van der Waals surface area contributed by atoms with Gasteiger partial charge < -0.3 is 0 Å². The Hall–Kier alpha value is -0.630. The molecule has 112 valence electrons.